The van der Waals surface area contributed by atoms with Crippen LogP contribution < -0.4 is 19.3 Å². The Balaban J connectivity index is 0.823. The molecular formula is C60H38N2O6. The average Bonchev–Trinajstić information content (AvgIpc) is 3.80. The Morgan fingerprint density at radius 1 is 0.382 bits per heavy atom. The number of Topliss-reactive ketones (excluding diaryl/α,β-unsaturated/α-hetero) is 4. The molecule has 1 unspecified atom stereocenters. The van der Waals surface area contributed by atoms with Crippen molar-refractivity contribution in [1.82, 2.24) is 0 Å². The molecule has 8 heteroatoms. The number of benzene rings is 8. The summed E-state index contributed by atoms with van der Waals surface area (Å²) >= 11 is 0. The molecule has 1 atom stereocenters. The van der Waals surface area contributed by atoms with E-state index in [1.807, 2.05) is 103 Å². The molecule has 12 rings (SSSR count). The van der Waals surface area contributed by atoms with Crippen LogP contribution in [0.25, 0.3) is 23.3 Å². The molecule has 2 heterocycles. The summed E-state index contributed by atoms with van der Waals surface area (Å²) in [5, 5.41) is 0. The molecule has 8 aromatic rings. The van der Waals surface area contributed by atoms with E-state index in [-0.39, 0.29) is 34.5 Å². The largest absolute Gasteiger partial charge is 0.484 e. The smallest absolute Gasteiger partial charge is 0.201 e. The molecule has 2 aliphatic heterocycles. The molecule has 0 bridgehead atoms. The van der Waals surface area contributed by atoms with E-state index in [4.69, 9.17) is 9.47 Å². The second-order valence-electron chi connectivity index (χ2n) is 17.0. The highest BCUT2D eigenvalue weighted by molar-refractivity contribution is 6.40. The SMILES string of the molecule is O=C1C(=C2C=Cc3ccc(N(c4ccccc4)c4ccc(-c5ccc(N(c6ccccc6)c6ccc7c(c6)OC(C6C(=O)c8ccccc8C6=O)C=C7)cc5)cc4)cc3O2)C(=O)c2ccccc21. The molecule has 0 radical (unpaired) electrons. The van der Waals surface area contributed by atoms with Gasteiger partial charge in [0.2, 0.25) is 11.6 Å². The van der Waals surface area contributed by atoms with E-state index in [2.05, 4.69) is 70.5 Å². The predicted octanol–water partition coefficient (Wildman–Crippen LogP) is 13.5. The van der Waals surface area contributed by atoms with Gasteiger partial charge in [0.25, 0.3) is 0 Å². The highest BCUT2D eigenvalue weighted by atomic mass is 16.5. The van der Waals surface area contributed by atoms with E-state index in [0.29, 0.717) is 33.8 Å². The van der Waals surface area contributed by atoms with Gasteiger partial charge in [-0.2, -0.15) is 0 Å². The second kappa shape index (κ2) is 16.4. The third-order valence-corrected chi connectivity index (χ3v) is 13.0. The normalized spacial score (nSPS) is 15.6. The molecule has 324 valence electrons. The lowest BCUT2D eigenvalue weighted by Crippen LogP contribution is -2.34. The first-order chi connectivity index (χ1) is 33.4. The summed E-state index contributed by atoms with van der Waals surface area (Å²) in [4.78, 5) is 57.9. The summed E-state index contributed by atoms with van der Waals surface area (Å²) in [7, 11) is 0. The number of anilines is 6. The van der Waals surface area contributed by atoms with Gasteiger partial charge in [-0.3, -0.25) is 19.2 Å². The highest BCUT2D eigenvalue weighted by Gasteiger charge is 2.44. The molecule has 8 nitrogen and oxygen atoms in total. The van der Waals surface area contributed by atoms with Crippen molar-refractivity contribution in [2.24, 2.45) is 5.92 Å². The lowest BCUT2D eigenvalue weighted by Gasteiger charge is -2.29. The quantitative estimate of drug-likeness (QED) is 0.0846. The van der Waals surface area contributed by atoms with Crippen molar-refractivity contribution in [3.05, 3.63) is 251 Å². The van der Waals surface area contributed by atoms with E-state index in [1.165, 1.54) is 0 Å². The zero-order valence-electron chi connectivity index (χ0n) is 36.3. The number of carbonyl (C=O) groups excluding carboxylic acids is 4. The molecular weight excluding hydrogens is 845 g/mol. The Bertz CT molecular complexity index is 3410. The first-order valence-corrected chi connectivity index (χ1v) is 22.4. The summed E-state index contributed by atoms with van der Waals surface area (Å²) in [5.41, 5.74) is 10.9. The molecule has 0 spiro atoms. The number of ketones is 4. The van der Waals surface area contributed by atoms with E-state index < -0.39 is 12.0 Å². The summed E-state index contributed by atoms with van der Waals surface area (Å²) in [5.74, 6) is -0.645. The van der Waals surface area contributed by atoms with Gasteiger partial charge >= 0.3 is 0 Å². The molecule has 8 aromatic carbocycles. The minimum Gasteiger partial charge on any atom is -0.484 e. The average molecular weight is 883 g/mol. The number of nitrogens with zero attached hydrogens (tertiary/aromatic N) is 2. The van der Waals surface area contributed by atoms with Crippen LogP contribution in [0.3, 0.4) is 0 Å². The number of fused-ring (bicyclic) bond motifs is 4. The molecule has 0 fully saturated rings. The third-order valence-electron chi connectivity index (χ3n) is 13.0. The van der Waals surface area contributed by atoms with Crippen molar-refractivity contribution >= 4 is 69.4 Å². The Kier molecular flexibility index (Phi) is 9.73. The van der Waals surface area contributed by atoms with Crippen LogP contribution in [0, 0.1) is 5.92 Å². The van der Waals surface area contributed by atoms with Crippen LogP contribution in [0.5, 0.6) is 11.5 Å². The second-order valence-corrected chi connectivity index (χ2v) is 17.0. The van der Waals surface area contributed by atoms with Crippen LogP contribution >= 0.6 is 0 Å². The first-order valence-electron chi connectivity index (χ1n) is 22.4. The minimum atomic E-state index is -0.930. The van der Waals surface area contributed by atoms with Gasteiger partial charge < -0.3 is 19.3 Å². The number of para-hydroxylation sites is 2. The Hall–Kier alpha value is -9.14. The van der Waals surface area contributed by atoms with Crippen LogP contribution in [-0.4, -0.2) is 29.2 Å². The van der Waals surface area contributed by atoms with Gasteiger partial charge in [0.1, 0.15) is 34.9 Å². The maximum absolute atomic E-state index is 13.4. The maximum atomic E-state index is 13.4. The van der Waals surface area contributed by atoms with Crippen LogP contribution in [-0.2, 0) is 0 Å². The number of carbonyl (C=O) groups is 4. The standard InChI is InChI=1S/C60H38N2O6/c63-57-47-15-7-8-16-48(47)58(64)55(57)51-33-25-39-23-31-45(35-53(39)67-51)61(41-11-3-1-4-12-41)43-27-19-37(20-28-43)38-21-29-44(30-22-38)62(42-13-5-2-6-14-42)46-32-24-40-26-34-52(68-54(40)36-46)56-59(65)49-17-9-10-18-50(49)60(56)66/h1-36,51,55H. The van der Waals surface area contributed by atoms with Crippen LogP contribution in [0.1, 0.15) is 52.6 Å². The number of hydrogen-bond donors (Lipinski definition) is 0. The van der Waals surface area contributed by atoms with Crippen molar-refractivity contribution in [2.75, 3.05) is 9.80 Å². The number of hydrogen-bond acceptors (Lipinski definition) is 8. The molecule has 0 saturated carbocycles. The van der Waals surface area contributed by atoms with Gasteiger partial charge in [-0.05, 0) is 102 Å². The van der Waals surface area contributed by atoms with Crippen molar-refractivity contribution in [3.63, 3.8) is 0 Å². The van der Waals surface area contributed by atoms with Crippen molar-refractivity contribution in [3.8, 4) is 22.6 Å². The van der Waals surface area contributed by atoms with Gasteiger partial charge in [0.05, 0.1) is 0 Å². The molecule has 0 N–H and O–H groups in total. The molecule has 0 saturated heterocycles. The topological polar surface area (TPSA) is 93.2 Å². The summed E-state index contributed by atoms with van der Waals surface area (Å²) in [6.45, 7) is 0. The molecule has 2 aliphatic carbocycles. The lowest BCUT2D eigenvalue weighted by atomic mass is 9.94. The number of ether oxygens (including phenoxy) is 2. The summed E-state index contributed by atoms with van der Waals surface area (Å²) in [6, 6.07) is 62.8. The molecule has 68 heavy (non-hydrogen) atoms. The summed E-state index contributed by atoms with van der Waals surface area (Å²) < 4.78 is 12.8. The van der Waals surface area contributed by atoms with Crippen molar-refractivity contribution in [1.29, 1.82) is 0 Å². The van der Waals surface area contributed by atoms with Crippen LogP contribution in [0.4, 0.5) is 34.1 Å². The number of rotatable bonds is 8. The first kappa shape index (κ1) is 40.4. The van der Waals surface area contributed by atoms with Gasteiger partial charge in [0, 0.05) is 79.6 Å². The van der Waals surface area contributed by atoms with Crippen LogP contribution in [0.15, 0.2) is 218 Å². The Morgan fingerprint density at radius 2 is 0.809 bits per heavy atom. The summed E-state index contributed by atoms with van der Waals surface area (Å²) in [6.07, 6.45) is 6.59. The fraction of sp³-hybridized carbons (Fsp3) is 0.0333. The Morgan fingerprint density at radius 3 is 1.32 bits per heavy atom. The van der Waals surface area contributed by atoms with E-state index in [1.54, 1.807) is 54.6 Å². The maximum Gasteiger partial charge on any atom is 0.201 e. The van der Waals surface area contributed by atoms with Crippen molar-refractivity contribution < 1.29 is 28.7 Å². The van der Waals surface area contributed by atoms with Gasteiger partial charge in [-0.15, -0.1) is 0 Å². The minimum absolute atomic E-state index is 0.0413. The van der Waals surface area contributed by atoms with E-state index in [9.17, 15) is 19.2 Å². The fourth-order valence-electron chi connectivity index (χ4n) is 9.60. The zero-order chi connectivity index (χ0) is 45.9. The third kappa shape index (κ3) is 6.86. The monoisotopic (exact) mass is 882 g/mol. The number of allylic oxidation sites excluding steroid dienone is 2. The highest BCUT2D eigenvalue weighted by Crippen LogP contribution is 2.44. The van der Waals surface area contributed by atoms with Gasteiger partial charge in [0.15, 0.2) is 11.6 Å². The predicted molar refractivity (Wildman–Crippen MR) is 265 cm³/mol. The fourth-order valence-corrected chi connectivity index (χ4v) is 9.60. The molecule has 0 aromatic heterocycles. The van der Waals surface area contributed by atoms with Gasteiger partial charge in [-0.1, -0.05) is 115 Å². The zero-order valence-corrected chi connectivity index (χ0v) is 36.3. The van der Waals surface area contributed by atoms with Crippen LogP contribution in [0.2, 0.25) is 0 Å². The molecule has 4 aliphatic rings. The van der Waals surface area contributed by atoms with Gasteiger partial charge in [-0.25, -0.2) is 0 Å². The van der Waals surface area contributed by atoms with Crippen molar-refractivity contribution in [2.45, 2.75) is 6.10 Å². The Labute approximate surface area is 392 Å². The van der Waals surface area contributed by atoms with E-state index >= 15 is 0 Å². The van der Waals surface area contributed by atoms with E-state index in [0.717, 1.165) is 56.4 Å². The lowest BCUT2D eigenvalue weighted by molar-refractivity contribution is 0.0723. The molecule has 0 amide bonds.